The molecule has 3 atom stereocenters. The minimum atomic E-state index is 0.174. The SMILES string of the molecule is C[C@]12CC[C@H](c3nc4ccccc4nc31)[C@]2(C)CBr. The molecule has 0 aliphatic heterocycles. The summed E-state index contributed by atoms with van der Waals surface area (Å²) in [6.45, 7) is 4.77. The predicted octanol–water partition coefficient (Wildman–Crippen LogP) is 4.18. The van der Waals surface area contributed by atoms with Gasteiger partial charge in [0, 0.05) is 16.7 Å². The van der Waals surface area contributed by atoms with Gasteiger partial charge in [-0.15, -0.1) is 0 Å². The van der Waals surface area contributed by atoms with Crippen LogP contribution in [0.1, 0.15) is 44.0 Å². The lowest BCUT2D eigenvalue weighted by atomic mass is 9.70. The first-order valence-electron chi connectivity index (χ1n) is 6.93. The fraction of sp³-hybridized carbons (Fsp3) is 0.500. The van der Waals surface area contributed by atoms with E-state index in [4.69, 9.17) is 9.97 Å². The number of fused-ring (bicyclic) bond motifs is 6. The van der Waals surface area contributed by atoms with Crippen molar-refractivity contribution in [3.8, 4) is 0 Å². The van der Waals surface area contributed by atoms with E-state index in [2.05, 4.69) is 41.9 Å². The maximum absolute atomic E-state index is 4.97. The zero-order valence-electron chi connectivity index (χ0n) is 11.3. The highest BCUT2D eigenvalue weighted by molar-refractivity contribution is 9.09. The molecule has 2 nitrogen and oxygen atoms in total. The lowest BCUT2D eigenvalue weighted by Crippen LogP contribution is -2.36. The Bertz CT molecular complexity index is 684. The van der Waals surface area contributed by atoms with Gasteiger partial charge in [0.1, 0.15) is 0 Å². The third kappa shape index (κ3) is 1.23. The molecule has 3 heteroatoms. The van der Waals surface area contributed by atoms with Gasteiger partial charge in [-0.25, -0.2) is 9.97 Å². The molecule has 0 amide bonds. The summed E-state index contributed by atoms with van der Waals surface area (Å²) in [6.07, 6.45) is 2.48. The zero-order chi connectivity index (χ0) is 13.3. The van der Waals surface area contributed by atoms with Crippen molar-refractivity contribution in [1.29, 1.82) is 0 Å². The first-order chi connectivity index (χ1) is 9.10. The summed E-state index contributed by atoms with van der Waals surface area (Å²) in [7, 11) is 0. The smallest absolute Gasteiger partial charge is 0.0890 e. The summed E-state index contributed by atoms with van der Waals surface area (Å²) < 4.78 is 0. The normalized spacial score (nSPS) is 35.8. The molecule has 4 rings (SSSR count). The molecule has 19 heavy (non-hydrogen) atoms. The standard InChI is InChI=1S/C16H17BrN2/c1-15-8-7-10(16(15,2)9-17)13-14(15)19-12-6-4-3-5-11(12)18-13/h3-6,10H,7-9H2,1-2H3/t10-,15+,16+/m1/s1. The highest BCUT2D eigenvalue weighted by Crippen LogP contribution is 2.67. The molecule has 0 radical (unpaired) electrons. The second kappa shape index (κ2) is 3.57. The Balaban J connectivity index is 2.05. The summed E-state index contributed by atoms with van der Waals surface area (Å²) >= 11 is 3.75. The van der Waals surface area contributed by atoms with Gasteiger partial charge in [-0.2, -0.15) is 0 Å². The third-order valence-electron chi connectivity index (χ3n) is 5.69. The van der Waals surface area contributed by atoms with Crippen LogP contribution < -0.4 is 0 Å². The second-order valence-corrected chi connectivity index (χ2v) is 6.98. The van der Waals surface area contributed by atoms with Gasteiger partial charge in [-0.1, -0.05) is 41.9 Å². The van der Waals surface area contributed by atoms with Crippen molar-refractivity contribution >= 4 is 27.0 Å². The van der Waals surface area contributed by atoms with Crippen LogP contribution in [0.4, 0.5) is 0 Å². The molecule has 1 aromatic carbocycles. The van der Waals surface area contributed by atoms with E-state index in [-0.39, 0.29) is 10.8 Å². The molecule has 1 aromatic heterocycles. The lowest BCUT2D eigenvalue weighted by molar-refractivity contribution is 0.236. The van der Waals surface area contributed by atoms with E-state index in [0.717, 1.165) is 16.4 Å². The van der Waals surface area contributed by atoms with E-state index in [1.807, 2.05) is 12.1 Å². The average Bonchev–Trinajstić information content (AvgIpc) is 2.80. The number of halogens is 1. The molecular weight excluding hydrogens is 300 g/mol. The Morgan fingerprint density at radius 3 is 2.58 bits per heavy atom. The van der Waals surface area contributed by atoms with Crippen molar-refractivity contribution in [3.63, 3.8) is 0 Å². The number of para-hydroxylation sites is 2. The van der Waals surface area contributed by atoms with E-state index in [9.17, 15) is 0 Å². The molecule has 2 aromatic rings. The summed E-state index contributed by atoms with van der Waals surface area (Å²) in [4.78, 5) is 9.91. The maximum atomic E-state index is 4.97. The van der Waals surface area contributed by atoms with Gasteiger partial charge in [0.2, 0.25) is 0 Å². The maximum Gasteiger partial charge on any atom is 0.0890 e. The number of rotatable bonds is 1. The van der Waals surface area contributed by atoms with Crippen molar-refractivity contribution in [2.24, 2.45) is 5.41 Å². The van der Waals surface area contributed by atoms with E-state index in [1.165, 1.54) is 24.2 Å². The summed E-state index contributed by atoms with van der Waals surface area (Å²) in [5, 5.41) is 1.02. The van der Waals surface area contributed by atoms with E-state index in [0.29, 0.717) is 5.92 Å². The highest BCUT2D eigenvalue weighted by Gasteiger charge is 2.63. The first-order valence-corrected chi connectivity index (χ1v) is 8.05. The Kier molecular flexibility index (Phi) is 2.22. The molecule has 2 bridgehead atoms. The fourth-order valence-electron chi connectivity index (χ4n) is 4.15. The van der Waals surface area contributed by atoms with Gasteiger partial charge in [0.05, 0.1) is 22.4 Å². The number of alkyl halides is 1. The molecule has 0 saturated heterocycles. The van der Waals surface area contributed by atoms with E-state index < -0.39 is 0 Å². The van der Waals surface area contributed by atoms with Crippen molar-refractivity contribution in [1.82, 2.24) is 9.97 Å². The second-order valence-electron chi connectivity index (χ2n) is 6.42. The van der Waals surface area contributed by atoms with Crippen molar-refractivity contribution < 1.29 is 0 Å². The van der Waals surface area contributed by atoms with Crippen LogP contribution in [-0.4, -0.2) is 15.3 Å². The predicted molar refractivity (Wildman–Crippen MR) is 80.8 cm³/mol. The molecule has 1 saturated carbocycles. The third-order valence-corrected chi connectivity index (χ3v) is 6.86. The van der Waals surface area contributed by atoms with Crippen LogP contribution >= 0.6 is 15.9 Å². The molecule has 2 aliphatic rings. The summed E-state index contributed by atoms with van der Waals surface area (Å²) in [5.41, 5.74) is 5.01. The largest absolute Gasteiger partial charge is 0.249 e. The van der Waals surface area contributed by atoms with Gasteiger partial charge in [0.15, 0.2) is 0 Å². The van der Waals surface area contributed by atoms with Gasteiger partial charge < -0.3 is 0 Å². The van der Waals surface area contributed by atoms with Crippen LogP contribution in [0.5, 0.6) is 0 Å². The van der Waals surface area contributed by atoms with Crippen LogP contribution in [0.15, 0.2) is 24.3 Å². The Hall–Kier alpha value is -0.960. The van der Waals surface area contributed by atoms with Crippen LogP contribution in [0, 0.1) is 5.41 Å². The van der Waals surface area contributed by atoms with E-state index in [1.54, 1.807) is 0 Å². The quantitative estimate of drug-likeness (QED) is 0.738. The number of aromatic nitrogens is 2. The fourth-order valence-corrected chi connectivity index (χ4v) is 5.16. The minimum absolute atomic E-state index is 0.174. The molecular formula is C16H17BrN2. The van der Waals surface area contributed by atoms with Gasteiger partial charge in [-0.05, 0) is 30.4 Å². The van der Waals surface area contributed by atoms with Crippen molar-refractivity contribution in [2.75, 3.05) is 5.33 Å². The number of nitrogens with zero attached hydrogens (tertiary/aromatic N) is 2. The van der Waals surface area contributed by atoms with Crippen molar-refractivity contribution in [2.45, 2.75) is 38.0 Å². The monoisotopic (exact) mass is 316 g/mol. The van der Waals surface area contributed by atoms with Crippen LogP contribution in [0.25, 0.3) is 11.0 Å². The highest BCUT2D eigenvalue weighted by atomic mass is 79.9. The average molecular weight is 317 g/mol. The number of hydrogen-bond donors (Lipinski definition) is 0. The van der Waals surface area contributed by atoms with Gasteiger partial charge in [-0.3, -0.25) is 0 Å². The minimum Gasteiger partial charge on any atom is -0.249 e. The molecule has 0 unspecified atom stereocenters. The molecule has 1 heterocycles. The number of hydrogen-bond acceptors (Lipinski definition) is 2. The van der Waals surface area contributed by atoms with Gasteiger partial charge in [0.25, 0.3) is 0 Å². The molecule has 0 spiro atoms. The van der Waals surface area contributed by atoms with Crippen LogP contribution in [0.2, 0.25) is 0 Å². The van der Waals surface area contributed by atoms with Crippen molar-refractivity contribution in [3.05, 3.63) is 35.7 Å². The Labute approximate surface area is 121 Å². The number of benzene rings is 1. The molecule has 2 aliphatic carbocycles. The van der Waals surface area contributed by atoms with Crippen LogP contribution in [0.3, 0.4) is 0 Å². The van der Waals surface area contributed by atoms with Gasteiger partial charge >= 0.3 is 0 Å². The first kappa shape index (κ1) is 11.8. The Morgan fingerprint density at radius 1 is 1.21 bits per heavy atom. The topological polar surface area (TPSA) is 25.8 Å². The zero-order valence-corrected chi connectivity index (χ0v) is 12.9. The lowest BCUT2D eigenvalue weighted by Gasteiger charge is -2.36. The van der Waals surface area contributed by atoms with E-state index >= 15 is 0 Å². The Morgan fingerprint density at radius 2 is 1.89 bits per heavy atom. The molecule has 1 fully saturated rings. The molecule has 0 N–H and O–H groups in total. The summed E-state index contributed by atoms with van der Waals surface area (Å²) in [5.74, 6) is 0.559. The summed E-state index contributed by atoms with van der Waals surface area (Å²) in [6, 6.07) is 8.23. The molecule has 98 valence electrons. The van der Waals surface area contributed by atoms with Crippen LogP contribution in [-0.2, 0) is 5.41 Å².